The van der Waals surface area contributed by atoms with Crippen LogP contribution in [0.3, 0.4) is 0 Å². The molecular formula is C30H25N3O. The number of nitrogens with one attached hydrogen (secondary N) is 1. The molecule has 0 unspecified atom stereocenters. The molecule has 5 aromatic rings. The minimum atomic E-state index is -0.176. The molecule has 0 fully saturated rings. The zero-order chi connectivity index (χ0) is 23.5. The van der Waals surface area contributed by atoms with Crippen LogP contribution in [-0.2, 0) is 0 Å². The molecule has 1 amide bonds. The minimum Gasteiger partial charge on any atom is -0.306 e. The van der Waals surface area contributed by atoms with Crippen LogP contribution >= 0.6 is 0 Å². The molecule has 0 radical (unpaired) electrons. The summed E-state index contributed by atoms with van der Waals surface area (Å²) in [6.45, 7) is 4.12. The molecular weight excluding hydrogens is 418 g/mol. The number of aromatic nitrogens is 2. The Morgan fingerprint density at radius 1 is 0.706 bits per heavy atom. The quantitative estimate of drug-likeness (QED) is 0.316. The van der Waals surface area contributed by atoms with Gasteiger partial charge in [-0.05, 0) is 48.7 Å². The van der Waals surface area contributed by atoms with Crippen LogP contribution in [0.15, 0.2) is 109 Å². The maximum atomic E-state index is 13.2. The summed E-state index contributed by atoms with van der Waals surface area (Å²) >= 11 is 0. The summed E-state index contributed by atoms with van der Waals surface area (Å²) in [5, 5.41) is 7.92. The number of carbonyl (C=O) groups excluding carboxylic acids is 1. The Bertz CT molecular complexity index is 1440. The van der Waals surface area contributed by atoms with E-state index < -0.39 is 0 Å². The largest absolute Gasteiger partial charge is 0.306 e. The molecule has 0 atom stereocenters. The highest BCUT2D eigenvalue weighted by molar-refractivity contribution is 6.04. The lowest BCUT2D eigenvalue weighted by Crippen LogP contribution is -2.15. The predicted octanol–water partition coefficient (Wildman–Crippen LogP) is 7.08. The molecule has 34 heavy (non-hydrogen) atoms. The SMILES string of the molecule is Cc1ccc(-n2nc(-c3ccccc3)cc2NC(=O)c2ccc(-c3ccccc3)cc2)c(C)c1. The van der Waals surface area contributed by atoms with Crippen LogP contribution in [0.5, 0.6) is 0 Å². The molecule has 4 heteroatoms. The number of hydrogen-bond donors (Lipinski definition) is 1. The predicted molar refractivity (Wildman–Crippen MR) is 138 cm³/mol. The fraction of sp³-hybridized carbons (Fsp3) is 0.0667. The van der Waals surface area contributed by atoms with E-state index in [1.54, 1.807) is 0 Å². The number of nitrogens with zero attached hydrogens (tertiary/aromatic N) is 2. The molecule has 0 spiro atoms. The third-order valence-corrected chi connectivity index (χ3v) is 5.86. The van der Waals surface area contributed by atoms with Crippen molar-refractivity contribution >= 4 is 11.7 Å². The summed E-state index contributed by atoms with van der Waals surface area (Å²) < 4.78 is 1.81. The minimum absolute atomic E-state index is 0.176. The van der Waals surface area contributed by atoms with Gasteiger partial charge in [0.15, 0.2) is 0 Å². The molecule has 1 N–H and O–H groups in total. The van der Waals surface area contributed by atoms with Gasteiger partial charge in [0.2, 0.25) is 0 Å². The van der Waals surface area contributed by atoms with E-state index in [9.17, 15) is 4.79 Å². The highest BCUT2D eigenvalue weighted by atomic mass is 16.1. The molecule has 5 rings (SSSR count). The molecule has 0 aliphatic heterocycles. The Morgan fingerprint density at radius 3 is 1.97 bits per heavy atom. The van der Waals surface area contributed by atoms with Crippen LogP contribution in [0.25, 0.3) is 28.1 Å². The average molecular weight is 444 g/mol. The van der Waals surface area contributed by atoms with Gasteiger partial charge in [0.05, 0.1) is 11.4 Å². The van der Waals surface area contributed by atoms with Gasteiger partial charge in [-0.15, -0.1) is 0 Å². The summed E-state index contributed by atoms with van der Waals surface area (Å²) in [4.78, 5) is 13.2. The molecule has 0 saturated heterocycles. The van der Waals surface area contributed by atoms with Crippen molar-refractivity contribution in [3.63, 3.8) is 0 Å². The van der Waals surface area contributed by atoms with Crippen LogP contribution in [0.1, 0.15) is 21.5 Å². The van der Waals surface area contributed by atoms with Crippen LogP contribution < -0.4 is 5.32 Å². The lowest BCUT2D eigenvalue weighted by molar-refractivity contribution is 0.102. The monoisotopic (exact) mass is 443 g/mol. The first-order valence-corrected chi connectivity index (χ1v) is 11.3. The molecule has 4 aromatic carbocycles. The highest BCUT2D eigenvalue weighted by Gasteiger charge is 2.16. The summed E-state index contributed by atoms with van der Waals surface area (Å²) in [5.74, 6) is 0.452. The fourth-order valence-corrected chi connectivity index (χ4v) is 4.08. The van der Waals surface area contributed by atoms with E-state index in [0.29, 0.717) is 11.4 Å². The van der Waals surface area contributed by atoms with Crippen molar-refractivity contribution in [2.45, 2.75) is 13.8 Å². The van der Waals surface area contributed by atoms with Crippen LogP contribution in [0.4, 0.5) is 5.82 Å². The number of aryl methyl sites for hydroxylation is 2. The average Bonchev–Trinajstić information content (AvgIpc) is 3.28. The second-order valence-corrected chi connectivity index (χ2v) is 8.38. The first kappa shape index (κ1) is 21.4. The Morgan fingerprint density at radius 2 is 1.32 bits per heavy atom. The molecule has 1 heterocycles. The standard InChI is InChI=1S/C30H25N3O/c1-21-13-18-28(22(2)19-21)33-29(20-27(32-33)25-11-7-4-8-12-25)31-30(34)26-16-14-24(15-17-26)23-9-5-3-6-10-23/h3-20H,1-2H3,(H,31,34). The Balaban J connectivity index is 1.48. The van der Waals surface area contributed by atoms with E-state index in [2.05, 4.69) is 43.4 Å². The number of carbonyl (C=O) groups is 1. The highest BCUT2D eigenvalue weighted by Crippen LogP contribution is 2.27. The van der Waals surface area contributed by atoms with Gasteiger partial charge in [-0.1, -0.05) is 90.5 Å². The lowest BCUT2D eigenvalue weighted by Gasteiger charge is -2.12. The van der Waals surface area contributed by atoms with Crippen molar-refractivity contribution in [2.24, 2.45) is 0 Å². The second-order valence-electron chi connectivity index (χ2n) is 8.38. The topological polar surface area (TPSA) is 46.9 Å². The van der Waals surface area contributed by atoms with E-state index in [0.717, 1.165) is 33.6 Å². The van der Waals surface area contributed by atoms with E-state index in [4.69, 9.17) is 5.10 Å². The second kappa shape index (κ2) is 9.20. The Kier molecular flexibility index (Phi) is 5.79. The van der Waals surface area contributed by atoms with Crippen LogP contribution in [0, 0.1) is 13.8 Å². The lowest BCUT2D eigenvalue weighted by atomic mass is 10.0. The Hall–Kier alpha value is -4.44. The molecule has 166 valence electrons. The first-order chi connectivity index (χ1) is 16.6. The normalized spacial score (nSPS) is 10.8. The number of hydrogen-bond acceptors (Lipinski definition) is 2. The van der Waals surface area contributed by atoms with Crippen molar-refractivity contribution in [1.82, 2.24) is 9.78 Å². The third kappa shape index (κ3) is 4.39. The van der Waals surface area contributed by atoms with Gasteiger partial charge in [-0.3, -0.25) is 4.79 Å². The van der Waals surface area contributed by atoms with Crippen LogP contribution in [0.2, 0.25) is 0 Å². The van der Waals surface area contributed by atoms with Crippen molar-refractivity contribution in [3.8, 4) is 28.1 Å². The maximum absolute atomic E-state index is 13.2. The van der Waals surface area contributed by atoms with Gasteiger partial charge in [0.25, 0.3) is 5.91 Å². The van der Waals surface area contributed by atoms with E-state index in [1.165, 1.54) is 5.56 Å². The van der Waals surface area contributed by atoms with E-state index >= 15 is 0 Å². The zero-order valence-corrected chi connectivity index (χ0v) is 19.2. The summed E-state index contributed by atoms with van der Waals surface area (Å²) in [6.07, 6.45) is 0. The van der Waals surface area contributed by atoms with E-state index in [1.807, 2.05) is 89.6 Å². The Labute approximate surface area is 199 Å². The van der Waals surface area contributed by atoms with Gasteiger partial charge in [-0.25, -0.2) is 4.68 Å². The van der Waals surface area contributed by atoms with Gasteiger partial charge >= 0.3 is 0 Å². The molecule has 4 nitrogen and oxygen atoms in total. The number of anilines is 1. The van der Waals surface area contributed by atoms with Crippen molar-refractivity contribution in [3.05, 3.63) is 126 Å². The zero-order valence-electron chi connectivity index (χ0n) is 19.2. The number of amides is 1. The van der Waals surface area contributed by atoms with Gasteiger partial charge in [0, 0.05) is 17.2 Å². The summed E-state index contributed by atoms with van der Waals surface area (Å²) in [6, 6.07) is 35.9. The molecule has 0 aliphatic carbocycles. The van der Waals surface area contributed by atoms with Gasteiger partial charge in [0.1, 0.15) is 5.82 Å². The number of rotatable bonds is 5. The van der Waals surface area contributed by atoms with Crippen molar-refractivity contribution in [1.29, 1.82) is 0 Å². The van der Waals surface area contributed by atoms with E-state index in [-0.39, 0.29) is 5.91 Å². The summed E-state index contributed by atoms with van der Waals surface area (Å²) in [7, 11) is 0. The van der Waals surface area contributed by atoms with Gasteiger partial charge in [-0.2, -0.15) is 5.10 Å². The maximum Gasteiger partial charge on any atom is 0.256 e. The van der Waals surface area contributed by atoms with Gasteiger partial charge < -0.3 is 5.32 Å². The van der Waals surface area contributed by atoms with Crippen molar-refractivity contribution in [2.75, 3.05) is 5.32 Å². The van der Waals surface area contributed by atoms with Crippen LogP contribution in [-0.4, -0.2) is 15.7 Å². The fourth-order valence-electron chi connectivity index (χ4n) is 4.08. The summed E-state index contributed by atoms with van der Waals surface area (Å²) in [5.41, 5.74) is 7.78. The smallest absolute Gasteiger partial charge is 0.256 e. The van der Waals surface area contributed by atoms with Crippen molar-refractivity contribution < 1.29 is 4.79 Å². The first-order valence-electron chi connectivity index (χ1n) is 11.3. The third-order valence-electron chi connectivity index (χ3n) is 5.86. The number of benzene rings is 4. The molecule has 0 saturated carbocycles. The molecule has 1 aromatic heterocycles. The molecule has 0 bridgehead atoms. The molecule has 0 aliphatic rings.